The number of cyclic esters (lactones) is 1. The average Bonchev–Trinajstić information content (AvgIpc) is 2.78. The molecule has 0 aromatic heterocycles. The lowest BCUT2D eigenvalue weighted by Gasteiger charge is -2.07. The molecular formula is C14H14O6. The molecule has 0 radical (unpaired) electrons. The number of benzene rings is 1. The van der Waals surface area contributed by atoms with Crippen LogP contribution in [0.4, 0.5) is 0 Å². The number of esters is 2. The van der Waals surface area contributed by atoms with Gasteiger partial charge in [0.2, 0.25) is 0 Å². The maximum Gasteiger partial charge on any atom is 0.343 e. The molecule has 1 saturated heterocycles. The van der Waals surface area contributed by atoms with Gasteiger partial charge in [0.25, 0.3) is 0 Å². The van der Waals surface area contributed by atoms with Crippen LogP contribution in [0.25, 0.3) is 0 Å². The highest BCUT2D eigenvalue weighted by Gasteiger charge is 2.34. The number of rotatable bonds is 5. The van der Waals surface area contributed by atoms with E-state index in [0.29, 0.717) is 12.2 Å². The lowest BCUT2D eigenvalue weighted by Crippen LogP contribution is -2.18. The van der Waals surface area contributed by atoms with Crippen molar-refractivity contribution >= 4 is 17.7 Å². The number of Topliss-reactive ketones (excluding diaryl/α,β-unsaturated/α-hetero) is 1. The van der Waals surface area contributed by atoms with Crippen molar-refractivity contribution in [3.8, 4) is 5.75 Å². The van der Waals surface area contributed by atoms with Gasteiger partial charge in [-0.1, -0.05) is 12.1 Å². The average molecular weight is 278 g/mol. The molecule has 0 amide bonds. The zero-order valence-corrected chi connectivity index (χ0v) is 11.0. The molecule has 0 spiro atoms. The number of carbonyl (C=O) groups excluding carboxylic acids is 3. The van der Waals surface area contributed by atoms with Gasteiger partial charge >= 0.3 is 11.9 Å². The second-order valence-electron chi connectivity index (χ2n) is 4.34. The number of hydrogen-bond donors (Lipinski definition) is 0. The van der Waals surface area contributed by atoms with E-state index in [1.54, 1.807) is 24.3 Å². The fourth-order valence-corrected chi connectivity index (χ4v) is 1.83. The molecule has 0 bridgehead atoms. The first-order valence-electron chi connectivity index (χ1n) is 6.08. The molecule has 0 N–H and O–H groups in total. The summed E-state index contributed by atoms with van der Waals surface area (Å²) in [4.78, 5) is 33.7. The molecule has 1 atom stereocenters. The predicted molar refractivity (Wildman–Crippen MR) is 67.1 cm³/mol. The Balaban J connectivity index is 1.93. The Bertz CT molecular complexity index is 503. The molecule has 1 unspecified atom stereocenters. The Labute approximate surface area is 115 Å². The Kier molecular flexibility index (Phi) is 4.34. The molecule has 1 aromatic carbocycles. The maximum atomic E-state index is 11.4. The van der Waals surface area contributed by atoms with Crippen molar-refractivity contribution in [2.24, 2.45) is 5.92 Å². The van der Waals surface area contributed by atoms with Crippen molar-refractivity contribution in [2.75, 3.05) is 20.3 Å². The van der Waals surface area contributed by atoms with Gasteiger partial charge in [0.05, 0.1) is 7.11 Å². The smallest absolute Gasteiger partial charge is 0.343 e. The van der Waals surface area contributed by atoms with E-state index in [1.807, 2.05) is 0 Å². The van der Waals surface area contributed by atoms with E-state index in [0.717, 1.165) is 5.56 Å². The van der Waals surface area contributed by atoms with E-state index < -0.39 is 17.9 Å². The molecule has 0 saturated carbocycles. The molecule has 1 aliphatic heterocycles. The largest absolute Gasteiger partial charge is 0.482 e. The summed E-state index contributed by atoms with van der Waals surface area (Å²) in [6.07, 6.45) is 0.314. The number of methoxy groups -OCH3 is 1. The first-order chi connectivity index (χ1) is 9.60. The number of carbonyl (C=O) groups is 3. The lowest BCUT2D eigenvalue weighted by molar-refractivity contribution is -0.143. The summed E-state index contributed by atoms with van der Waals surface area (Å²) in [7, 11) is 1.28. The van der Waals surface area contributed by atoms with Crippen LogP contribution in [-0.4, -0.2) is 38.0 Å². The standard InChI is InChI=1S/C14H14O6/c1-18-13(16)8-19-10-4-2-9(3-5-10)6-11-12(15)7-20-14(11)17/h2-5,11H,6-8H2,1H3. The topological polar surface area (TPSA) is 78.9 Å². The molecule has 2 rings (SSSR count). The van der Waals surface area contributed by atoms with Crippen LogP contribution in [0.3, 0.4) is 0 Å². The number of hydrogen-bond acceptors (Lipinski definition) is 6. The van der Waals surface area contributed by atoms with Gasteiger partial charge in [-0.05, 0) is 24.1 Å². The summed E-state index contributed by atoms with van der Waals surface area (Å²) in [5.41, 5.74) is 0.826. The third-order valence-electron chi connectivity index (χ3n) is 2.98. The minimum absolute atomic E-state index is 0.135. The number of ether oxygens (including phenoxy) is 3. The van der Waals surface area contributed by atoms with Crippen LogP contribution in [0.5, 0.6) is 5.75 Å². The van der Waals surface area contributed by atoms with Gasteiger partial charge in [0.15, 0.2) is 19.0 Å². The van der Waals surface area contributed by atoms with E-state index in [4.69, 9.17) is 4.74 Å². The zero-order valence-electron chi connectivity index (χ0n) is 11.0. The molecule has 1 fully saturated rings. The third-order valence-corrected chi connectivity index (χ3v) is 2.98. The van der Waals surface area contributed by atoms with E-state index in [9.17, 15) is 14.4 Å². The second kappa shape index (κ2) is 6.18. The molecule has 0 aliphatic carbocycles. The molecule has 6 nitrogen and oxygen atoms in total. The lowest BCUT2D eigenvalue weighted by atomic mass is 9.97. The summed E-state index contributed by atoms with van der Waals surface area (Å²) in [5.74, 6) is -1.33. The maximum absolute atomic E-state index is 11.4. The van der Waals surface area contributed by atoms with E-state index in [2.05, 4.69) is 9.47 Å². The van der Waals surface area contributed by atoms with E-state index in [1.165, 1.54) is 7.11 Å². The predicted octanol–water partition coefficient (Wildman–Crippen LogP) is 0.523. The summed E-state index contributed by atoms with van der Waals surface area (Å²) >= 11 is 0. The fraction of sp³-hybridized carbons (Fsp3) is 0.357. The van der Waals surface area contributed by atoms with Gasteiger partial charge in [-0.15, -0.1) is 0 Å². The highest BCUT2D eigenvalue weighted by Crippen LogP contribution is 2.19. The van der Waals surface area contributed by atoms with Crippen LogP contribution < -0.4 is 4.74 Å². The molecule has 20 heavy (non-hydrogen) atoms. The zero-order chi connectivity index (χ0) is 14.5. The summed E-state index contributed by atoms with van der Waals surface area (Å²) in [5, 5.41) is 0. The highest BCUT2D eigenvalue weighted by molar-refractivity contribution is 6.04. The van der Waals surface area contributed by atoms with Gasteiger partial charge in [-0.2, -0.15) is 0 Å². The van der Waals surface area contributed by atoms with Gasteiger partial charge in [0.1, 0.15) is 11.7 Å². The van der Waals surface area contributed by atoms with Crippen molar-refractivity contribution in [3.05, 3.63) is 29.8 Å². The van der Waals surface area contributed by atoms with E-state index >= 15 is 0 Å². The van der Waals surface area contributed by atoms with Crippen LogP contribution in [-0.2, 0) is 30.3 Å². The summed E-state index contributed by atoms with van der Waals surface area (Å²) in [6, 6.07) is 6.82. The second-order valence-corrected chi connectivity index (χ2v) is 4.34. The number of ketones is 1. The summed E-state index contributed by atoms with van der Waals surface area (Å²) < 4.78 is 14.3. The van der Waals surface area contributed by atoms with Crippen LogP contribution >= 0.6 is 0 Å². The van der Waals surface area contributed by atoms with Gasteiger partial charge in [-0.3, -0.25) is 9.59 Å². The van der Waals surface area contributed by atoms with Crippen LogP contribution in [0.2, 0.25) is 0 Å². The molecule has 1 aromatic rings. The molecule has 1 heterocycles. The minimum Gasteiger partial charge on any atom is -0.482 e. The molecule has 1 aliphatic rings. The monoisotopic (exact) mass is 278 g/mol. The normalized spacial score (nSPS) is 17.8. The Morgan fingerprint density at radius 2 is 2.00 bits per heavy atom. The van der Waals surface area contributed by atoms with Crippen LogP contribution in [0.1, 0.15) is 5.56 Å². The van der Waals surface area contributed by atoms with Gasteiger partial charge < -0.3 is 14.2 Å². The first kappa shape index (κ1) is 14.0. The van der Waals surface area contributed by atoms with Crippen molar-refractivity contribution < 1.29 is 28.6 Å². The van der Waals surface area contributed by atoms with Crippen molar-refractivity contribution in [1.29, 1.82) is 0 Å². The van der Waals surface area contributed by atoms with E-state index in [-0.39, 0.29) is 19.0 Å². The van der Waals surface area contributed by atoms with Crippen LogP contribution in [0, 0.1) is 5.92 Å². The SMILES string of the molecule is COC(=O)COc1ccc(CC2C(=O)COC2=O)cc1. The molecular weight excluding hydrogens is 264 g/mol. The van der Waals surface area contributed by atoms with Crippen LogP contribution in [0.15, 0.2) is 24.3 Å². The van der Waals surface area contributed by atoms with Crippen molar-refractivity contribution in [2.45, 2.75) is 6.42 Å². The third kappa shape index (κ3) is 3.34. The molecule has 6 heteroatoms. The van der Waals surface area contributed by atoms with Gasteiger partial charge in [0, 0.05) is 0 Å². The van der Waals surface area contributed by atoms with Gasteiger partial charge in [-0.25, -0.2) is 4.79 Å². The quantitative estimate of drug-likeness (QED) is 0.577. The summed E-state index contributed by atoms with van der Waals surface area (Å²) in [6.45, 7) is -0.299. The van der Waals surface area contributed by atoms with Crippen molar-refractivity contribution in [1.82, 2.24) is 0 Å². The Hall–Kier alpha value is -2.37. The highest BCUT2D eigenvalue weighted by atomic mass is 16.6. The Morgan fingerprint density at radius 1 is 1.30 bits per heavy atom. The Morgan fingerprint density at radius 3 is 2.55 bits per heavy atom. The minimum atomic E-state index is -0.711. The van der Waals surface area contributed by atoms with Crippen molar-refractivity contribution in [3.63, 3.8) is 0 Å². The first-order valence-corrected chi connectivity index (χ1v) is 6.08. The molecule has 106 valence electrons. The fourth-order valence-electron chi connectivity index (χ4n) is 1.83.